The fourth-order valence-electron chi connectivity index (χ4n) is 5.22. The predicted octanol–water partition coefficient (Wildman–Crippen LogP) is 6.11. The number of aromatic nitrogens is 4. The maximum absolute atomic E-state index is 14.1. The molecule has 2 atom stereocenters. The first kappa shape index (κ1) is 26.4. The van der Waals surface area contributed by atoms with E-state index in [2.05, 4.69) is 20.6 Å². The minimum atomic E-state index is -1.05. The highest BCUT2D eigenvalue weighted by molar-refractivity contribution is 6.30. The van der Waals surface area contributed by atoms with Crippen molar-refractivity contribution in [3.8, 4) is 5.88 Å². The van der Waals surface area contributed by atoms with Crippen LogP contribution in [-0.4, -0.2) is 43.3 Å². The van der Waals surface area contributed by atoms with Gasteiger partial charge in [0.15, 0.2) is 0 Å². The van der Waals surface area contributed by atoms with Gasteiger partial charge in [-0.1, -0.05) is 29.8 Å². The number of benzene rings is 1. The first-order valence-corrected chi connectivity index (χ1v) is 13.7. The zero-order chi connectivity index (χ0) is 27.6. The van der Waals surface area contributed by atoms with Crippen LogP contribution in [0.2, 0.25) is 5.02 Å². The molecule has 1 saturated heterocycles. The van der Waals surface area contributed by atoms with E-state index in [1.165, 1.54) is 6.07 Å². The molecule has 40 heavy (non-hydrogen) atoms. The van der Waals surface area contributed by atoms with Gasteiger partial charge < -0.3 is 19.1 Å². The van der Waals surface area contributed by atoms with Crippen LogP contribution in [0.15, 0.2) is 54.7 Å². The van der Waals surface area contributed by atoms with Crippen molar-refractivity contribution in [1.29, 1.82) is 0 Å². The second-order valence-corrected chi connectivity index (χ2v) is 10.7. The number of carboxylic acid groups (broad SMARTS) is 1. The van der Waals surface area contributed by atoms with Crippen LogP contribution < -0.4 is 4.74 Å². The van der Waals surface area contributed by atoms with E-state index in [-0.39, 0.29) is 18.4 Å². The Balaban J connectivity index is 1.15. The molecule has 0 spiro atoms. The number of fused-ring (bicyclic) bond motifs is 1. The Labute approximate surface area is 235 Å². The molecule has 6 rings (SSSR count). The van der Waals surface area contributed by atoms with E-state index in [0.29, 0.717) is 34.4 Å². The number of ether oxygens (including phenoxy) is 2. The number of hydrogen-bond donors (Lipinski definition) is 1. The zero-order valence-electron chi connectivity index (χ0n) is 21.7. The molecule has 0 saturated carbocycles. The number of nitrogens with zero attached hydrogens (tertiary/aromatic N) is 4. The van der Waals surface area contributed by atoms with Crippen molar-refractivity contribution < 1.29 is 23.8 Å². The van der Waals surface area contributed by atoms with E-state index in [4.69, 9.17) is 26.1 Å². The van der Waals surface area contributed by atoms with Crippen molar-refractivity contribution in [2.75, 3.05) is 6.61 Å². The molecule has 0 radical (unpaired) electrons. The molecule has 1 aliphatic heterocycles. The normalized spacial score (nSPS) is 18.8. The average molecular weight is 563 g/mol. The number of hydrogen-bond acceptors (Lipinski definition) is 6. The second kappa shape index (κ2) is 11.3. The predicted molar refractivity (Wildman–Crippen MR) is 148 cm³/mol. The summed E-state index contributed by atoms with van der Waals surface area (Å²) >= 11 is 5.84. The number of imidazole rings is 1. The van der Waals surface area contributed by atoms with Gasteiger partial charge >= 0.3 is 5.97 Å². The van der Waals surface area contributed by atoms with E-state index in [1.807, 2.05) is 12.1 Å². The highest BCUT2D eigenvalue weighted by Crippen LogP contribution is 2.33. The molecule has 4 aromatic rings. The van der Waals surface area contributed by atoms with Crippen molar-refractivity contribution in [2.24, 2.45) is 5.92 Å². The van der Waals surface area contributed by atoms with Gasteiger partial charge in [-0.25, -0.2) is 24.1 Å². The van der Waals surface area contributed by atoms with Crippen LogP contribution in [0.1, 0.15) is 53.3 Å². The third kappa shape index (κ3) is 5.71. The van der Waals surface area contributed by atoms with Crippen molar-refractivity contribution in [1.82, 2.24) is 19.5 Å². The summed E-state index contributed by atoms with van der Waals surface area (Å²) in [6, 6.07) is 11.8. The number of pyridine rings is 2. The van der Waals surface area contributed by atoms with Crippen molar-refractivity contribution in [2.45, 2.75) is 51.4 Å². The maximum Gasteiger partial charge on any atom is 0.354 e. The van der Waals surface area contributed by atoms with Gasteiger partial charge in [-0.05, 0) is 61.4 Å². The molecule has 3 aromatic heterocycles. The lowest BCUT2D eigenvalue weighted by molar-refractivity contribution is -0.0590. The smallest absolute Gasteiger partial charge is 0.354 e. The van der Waals surface area contributed by atoms with Gasteiger partial charge in [0, 0.05) is 29.7 Å². The van der Waals surface area contributed by atoms with E-state index in [9.17, 15) is 14.3 Å². The number of carbonyl (C=O) groups is 1. The van der Waals surface area contributed by atoms with E-state index < -0.39 is 11.8 Å². The lowest BCUT2D eigenvalue weighted by Crippen LogP contribution is -2.32. The van der Waals surface area contributed by atoms with Crippen LogP contribution in [0.3, 0.4) is 0 Å². The summed E-state index contributed by atoms with van der Waals surface area (Å²) in [5.41, 5.74) is 3.92. The molecular formula is C30H28ClFN4O4. The number of aromatic carboxylic acids is 1. The van der Waals surface area contributed by atoms with Crippen LogP contribution in [0.4, 0.5) is 4.39 Å². The van der Waals surface area contributed by atoms with E-state index in [1.54, 1.807) is 30.5 Å². The monoisotopic (exact) mass is 562 g/mol. The number of allylic oxidation sites excluding steroid dienone is 2. The van der Waals surface area contributed by atoms with Crippen LogP contribution in [-0.2, 0) is 24.3 Å². The lowest BCUT2D eigenvalue weighted by Gasteiger charge is -2.28. The molecular weight excluding hydrogens is 535 g/mol. The topological polar surface area (TPSA) is 99.4 Å². The van der Waals surface area contributed by atoms with Crippen LogP contribution in [0.5, 0.6) is 5.88 Å². The van der Waals surface area contributed by atoms with Crippen molar-refractivity contribution in [3.63, 3.8) is 0 Å². The standard InChI is InChI=1S/C30H28ClFN4O4/c31-21-9-8-20(23(32)13-21)17-40-29-3-1-2-24(35-29)19-6-4-18(5-7-19)12-28-34-26-15-33-25(30(37)38)14-27(26)36(28)16-22-10-11-39-22/h1-3,6,8-9,13-15,18,22H,4-5,7,10-12,16-17H2,(H,37,38). The van der Waals surface area contributed by atoms with Crippen LogP contribution in [0, 0.1) is 11.7 Å². The first-order chi connectivity index (χ1) is 19.4. The summed E-state index contributed by atoms with van der Waals surface area (Å²) in [4.78, 5) is 25.1. The molecule has 206 valence electrons. The highest BCUT2D eigenvalue weighted by atomic mass is 35.5. The molecule has 2 aliphatic rings. The second-order valence-electron chi connectivity index (χ2n) is 10.2. The Kier molecular flexibility index (Phi) is 7.49. The molecule has 1 aromatic carbocycles. The van der Waals surface area contributed by atoms with Crippen molar-refractivity contribution >= 4 is 34.2 Å². The summed E-state index contributed by atoms with van der Waals surface area (Å²) in [5, 5.41) is 9.77. The average Bonchev–Trinajstić information content (AvgIpc) is 3.26. The summed E-state index contributed by atoms with van der Waals surface area (Å²) in [6.07, 6.45) is 8.35. The molecule has 1 fully saturated rings. The Morgan fingerprint density at radius 1 is 1.20 bits per heavy atom. The minimum Gasteiger partial charge on any atom is -0.477 e. The summed E-state index contributed by atoms with van der Waals surface area (Å²) in [5.74, 6) is 0.301. The first-order valence-electron chi connectivity index (χ1n) is 13.4. The van der Waals surface area contributed by atoms with Gasteiger partial charge in [0.2, 0.25) is 5.88 Å². The third-order valence-electron chi connectivity index (χ3n) is 7.55. The Bertz CT molecular complexity index is 1600. The molecule has 1 N–H and O–H groups in total. The fraction of sp³-hybridized carbons (Fsp3) is 0.333. The Hall–Kier alpha value is -3.82. The number of rotatable bonds is 9. The maximum atomic E-state index is 14.1. The molecule has 0 amide bonds. The van der Waals surface area contributed by atoms with Gasteiger partial charge in [-0.15, -0.1) is 0 Å². The lowest BCUT2D eigenvalue weighted by atomic mass is 9.86. The molecule has 0 bridgehead atoms. The number of halogens is 2. The zero-order valence-corrected chi connectivity index (χ0v) is 22.5. The van der Waals surface area contributed by atoms with Crippen LogP contribution in [0.25, 0.3) is 16.6 Å². The largest absolute Gasteiger partial charge is 0.477 e. The van der Waals surface area contributed by atoms with Gasteiger partial charge in [0.25, 0.3) is 0 Å². The van der Waals surface area contributed by atoms with Gasteiger partial charge in [-0.3, -0.25) is 0 Å². The minimum absolute atomic E-state index is 0.0111. The number of carboxylic acids is 1. The quantitative estimate of drug-likeness (QED) is 0.263. The van der Waals surface area contributed by atoms with Gasteiger partial charge in [-0.2, -0.15) is 0 Å². The van der Waals surface area contributed by atoms with Gasteiger partial charge in [0.05, 0.1) is 30.1 Å². The molecule has 2 unspecified atom stereocenters. The molecule has 10 heteroatoms. The third-order valence-corrected chi connectivity index (χ3v) is 7.78. The fourth-order valence-corrected chi connectivity index (χ4v) is 5.37. The van der Waals surface area contributed by atoms with E-state index in [0.717, 1.165) is 61.3 Å². The SMILES string of the molecule is O=C(O)c1cc2c(cn1)nc(CC1CC=C(c3cccc(OCc4ccc(Cl)cc4F)n3)CC1)n2CC1CCO1. The summed E-state index contributed by atoms with van der Waals surface area (Å²) in [7, 11) is 0. The summed E-state index contributed by atoms with van der Waals surface area (Å²) < 4.78 is 27.7. The highest BCUT2D eigenvalue weighted by Gasteiger charge is 2.25. The van der Waals surface area contributed by atoms with Crippen LogP contribution >= 0.6 is 11.6 Å². The van der Waals surface area contributed by atoms with Gasteiger partial charge in [0.1, 0.15) is 29.5 Å². The van der Waals surface area contributed by atoms with Crippen molar-refractivity contribution in [3.05, 3.63) is 88.4 Å². The molecule has 1 aliphatic carbocycles. The summed E-state index contributed by atoms with van der Waals surface area (Å²) in [6.45, 7) is 1.47. The Morgan fingerprint density at radius 2 is 2.08 bits per heavy atom. The molecule has 8 nitrogen and oxygen atoms in total. The molecule has 4 heterocycles. The van der Waals surface area contributed by atoms with E-state index >= 15 is 0 Å². The Morgan fingerprint density at radius 3 is 2.80 bits per heavy atom.